The average molecular weight is 391 g/mol. The lowest BCUT2D eigenvalue weighted by molar-refractivity contribution is -0.137. The van der Waals surface area contributed by atoms with E-state index in [1.54, 1.807) is 37.3 Å². The summed E-state index contributed by atoms with van der Waals surface area (Å²) in [5.41, 5.74) is 1.10. The van der Waals surface area contributed by atoms with Crippen LogP contribution in [0.15, 0.2) is 47.5 Å². The molecule has 0 aromatic heterocycles. The van der Waals surface area contributed by atoms with Crippen LogP contribution in [0.5, 0.6) is 0 Å². The highest BCUT2D eigenvalue weighted by Crippen LogP contribution is 2.38. The molecule has 4 nitrogen and oxygen atoms in total. The SMILES string of the molecule is CCC(=O)Nc1ccc(C2=NC(=S)CNc3c2cccc3C(F)(F)F)cc1. The third-order valence-corrected chi connectivity index (χ3v) is 4.28. The molecule has 0 bridgehead atoms. The molecular weight excluding hydrogens is 375 g/mol. The molecule has 1 amide bonds. The molecule has 8 heteroatoms. The van der Waals surface area contributed by atoms with Gasteiger partial charge in [0.1, 0.15) is 4.99 Å². The maximum atomic E-state index is 13.4. The van der Waals surface area contributed by atoms with Crippen molar-refractivity contribution in [1.29, 1.82) is 0 Å². The molecular formula is C19H16F3N3OS. The number of nitrogens with zero attached hydrogens (tertiary/aromatic N) is 1. The molecule has 0 saturated heterocycles. The Hall–Kier alpha value is -2.74. The topological polar surface area (TPSA) is 53.5 Å². The van der Waals surface area contributed by atoms with E-state index in [1.165, 1.54) is 6.07 Å². The van der Waals surface area contributed by atoms with Gasteiger partial charge in [-0.2, -0.15) is 13.2 Å². The first kappa shape index (κ1) is 19.0. The molecule has 1 aliphatic rings. The molecule has 0 spiro atoms. The zero-order valence-electron chi connectivity index (χ0n) is 14.4. The molecule has 27 heavy (non-hydrogen) atoms. The number of benzodiazepines with no additional fused rings is 1. The van der Waals surface area contributed by atoms with E-state index in [-0.39, 0.29) is 23.1 Å². The van der Waals surface area contributed by atoms with Crippen molar-refractivity contribution in [2.45, 2.75) is 19.5 Å². The highest BCUT2D eigenvalue weighted by molar-refractivity contribution is 7.80. The van der Waals surface area contributed by atoms with E-state index in [4.69, 9.17) is 12.2 Å². The number of amides is 1. The molecule has 0 radical (unpaired) electrons. The Morgan fingerprint density at radius 3 is 2.56 bits per heavy atom. The van der Waals surface area contributed by atoms with Gasteiger partial charge in [0.25, 0.3) is 0 Å². The Kier molecular flexibility index (Phi) is 5.27. The Morgan fingerprint density at radius 2 is 1.93 bits per heavy atom. The second kappa shape index (κ2) is 7.48. The molecule has 2 aromatic carbocycles. The summed E-state index contributed by atoms with van der Waals surface area (Å²) < 4.78 is 40.2. The summed E-state index contributed by atoms with van der Waals surface area (Å²) in [7, 11) is 0. The zero-order chi connectivity index (χ0) is 19.6. The summed E-state index contributed by atoms with van der Waals surface area (Å²) in [6.07, 6.45) is -4.15. The van der Waals surface area contributed by atoms with Crippen LogP contribution >= 0.6 is 12.2 Å². The van der Waals surface area contributed by atoms with Gasteiger partial charge < -0.3 is 10.6 Å². The van der Waals surface area contributed by atoms with E-state index >= 15 is 0 Å². The first-order valence-corrected chi connectivity index (χ1v) is 8.66. The highest BCUT2D eigenvalue weighted by atomic mass is 32.1. The lowest BCUT2D eigenvalue weighted by atomic mass is 9.97. The molecule has 0 saturated carbocycles. The van der Waals surface area contributed by atoms with E-state index in [0.29, 0.717) is 28.9 Å². The fourth-order valence-electron chi connectivity index (χ4n) is 2.75. The van der Waals surface area contributed by atoms with Crippen LogP contribution in [0.4, 0.5) is 24.5 Å². The van der Waals surface area contributed by atoms with E-state index in [9.17, 15) is 18.0 Å². The van der Waals surface area contributed by atoms with Crippen molar-refractivity contribution in [3.8, 4) is 0 Å². The number of rotatable bonds is 3. The smallest absolute Gasteiger partial charge is 0.377 e. The number of alkyl halides is 3. The van der Waals surface area contributed by atoms with Gasteiger partial charge in [-0.25, -0.2) is 4.99 Å². The summed E-state index contributed by atoms with van der Waals surface area (Å²) >= 11 is 5.16. The van der Waals surface area contributed by atoms with E-state index < -0.39 is 11.7 Å². The first-order valence-electron chi connectivity index (χ1n) is 8.26. The van der Waals surface area contributed by atoms with Crippen molar-refractivity contribution in [2.75, 3.05) is 17.2 Å². The number of thiocarbonyl (C=S) groups is 1. The molecule has 0 fully saturated rings. The number of carbonyl (C=O) groups is 1. The lowest BCUT2D eigenvalue weighted by Gasteiger charge is -2.17. The van der Waals surface area contributed by atoms with Crippen molar-refractivity contribution < 1.29 is 18.0 Å². The maximum Gasteiger partial charge on any atom is 0.418 e. The van der Waals surface area contributed by atoms with Crippen LogP contribution in [0.25, 0.3) is 0 Å². The van der Waals surface area contributed by atoms with Crippen molar-refractivity contribution >= 4 is 40.2 Å². The summed E-state index contributed by atoms with van der Waals surface area (Å²) in [6, 6.07) is 10.7. The van der Waals surface area contributed by atoms with E-state index in [2.05, 4.69) is 15.6 Å². The van der Waals surface area contributed by atoms with Crippen molar-refractivity contribution in [3.63, 3.8) is 0 Å². The van der Waals surface area contributed by atoms with Crippen LogP contribution < -0.4 is 10.6 Å². The Balaban J connectivity index is 2.06. The maximum absolute atomic E-state index is 13.4. The van der Waals surface area contributed by atoms with Crippen LogP contribution in [0.1, 0.15) is 30.0 Å². The van der Waals surface area contributed by atoms with E-state index in [1.807, 2.05) is 0 Å². The summed E-state index contributed by atoms with van der Waals surface area (Å²) in [6.45, 7) is 1.79. The number of fused-ring (bicyclic) bond motifs is 1. The summed E-state index contributed by atoms with van der Waals surface area (Å²) in [4.78, 5) is 16.1. The molecule has 140 valence electrons. The molecule has 3 rings (SSSR count). The molecule has 0 atom stereocenters. The molecule has 1 aliphatic heterocycles. The Morgan fingerprint density at radius 1 is 1.22 bits per heavy atom. The third kappa shape index (κ3) is 4.16. The van der Waals surface area contributed by atoms with Crippen LogP contribution in [-0.2, 0) is 11.0 Å². The number of anilines is 2. The van der Waals surface area contributed by atoms with Gasteiger partial charge in [0.2, 0.25) is 5.91 Å². The quantitative estimate of drug-likeness (QED) is 0.750. The third-order valence-electron chi connectivity index (χ3n) is 4.04. The van der Waals surface area contributed by atoms with E-state index in [0.717, 1.165) is 6.07 Å². The fraction of sp³-hybridized carbons (Fsp3) is 0.211. The second-order valence-electron chi connectivity index (χ2n) is 5.91. The van der Waals surface area contributed by atoms with Gasteiger partial charge in [-0.3, -0.25) is 4.79 Å². The molecule has 0 unspecified atom stereocenters. The minimum Gasteiger partial charge on any atom is -0.377 e. The van der Waals surface area contributed by atoms with Gasteiger partial charge in [-0.05, 0) is 18.2 Å². The second-order valence-corrected chi connectivity index (χ2v) is 6.38. The van der Waals surface area contributed by atoms with Gasteiger partial charge in [-0.1, -0.05) is 43.4 Å². The highest BCUT2D eigenvalue weighted by Gasteiger charge is 2.35. The van der Waals surface area contributed by atoms with Crippen LogP contribution in [-0.4, -0.2) is 23.2 Å². The van der Waals surface area contributed by atoms with Crippen molar-refractivity contribution in [1.82, 2.24) is 0 Å². The number of benzene rings is 2. The van der Waals surface area contributed by atoms with Crippen LogP contribution in [0.3, 0.4) is 0 Å². The monoisotopic (exact) mass is 391 g/mol. The lowest BCUT2D eigenvalue weighted by Crippen LogP contribution is -2.15. The predicted molar refractivity (Wildman–Crippen MR) is 104 cm³/mol. The fourth-order valence-corrected chi connectivity index (χ4v) is 2.91. The standard InChI is InChI=1S/C19H16F3N3OS/c1-2-15(26)24-12-8-6-11(7-9-12)17-13-4-3-5-14(19(20,21)22)18(13)23-10-16(27)25-17/h3-9,23H,2,10H2,1H3,(H,24,26). The van der Waals surface area contributed by atoms with Crippen molar-refractivity contribution in [2.24, 2.45) is 4.99 Å². The van der Waals surface area contributed by atoms with Crippen LogP contribution in [0.2, 0.25) is 0 Å². The number of para-hydroxylation sites is 1. The molecule has 0 aliphatic carbocycles. The summed E-state index contributed by atoms with van der Waals surface area (Å²) in [5, 5.41) is 5.49. The zero-order valence-corrected chi connectivity index (χ0v) is 15.2. The van der Waals surface area contributed by atoms with Gasteiger partial charge in [0.15, 0.2) is 0 Å². The summed E-state index contributed by atoms with van der Waals surface area (Å²) in [5.74, 6) is -0.125. The minimum absolute atomic E-state index is 0.0352. The van der Waals surface area contributed by atoms with Gasteiger partial charge >= 0.3 is 6.18 Å². The molecule has 2 aromatic rings. The van der Waals surface area contributed by atoms with Gasteiger partial charge in [0, 0.05) is 23.2 Å². The average Bonchev–Trinajstić information content (AvgIpc) is 2.80. The minimum atomic E-state index is -4.50. The Bertz CT molecular complexity index is 921. The first-order chi connectivity index (χ1) is 12.8. The van der Waals surface area contributed by atoms with Gasteiger partial charge in [0.05, 0.1) is 23.5 Å². The number of hydrogen-bond acceptors (Lipinski definition) is 3. The largest absolute Gasteiger partial charge is 0.418 e. The number of aliphatic imine (C=N–C) groups is 1. The number of carbonyl (C=O) groups excluding carboxylic acids is 1. The van der Waals surface area contributed by atoms with Crippen LogP contribution in [0, 0.1) is 0 Å². The van der Waals surface area contributed by atoms with Crippen molar-refractivity contribution in [3.05, 3.63) is 59.2 Å². The Labute approximate surface area is 159 Å². The number of halogens is 3. The van der Waals surface area contributed by atoms with Gasteiger partial charge in [-0.15, -0.1) is 0 Å². The molecule has 2 N–H and O–H groups in total. The predicted octanol–water partition coefficient (Wildman–Crippen LogP) is 4.64. The number of hydrogen-bond donors (Lipinski definition) is 2. The number of nitrogens with one attached hydrogen (secondary N) is 2. The normalized spacial score (nSPS) is 13.9. The molecule has 1 heterocycles.